The maximum Gasteiger partial charge on any atom is 0.322 e. The molecule has 8 heteroatoms. The van der Waals surface area contributed by atoms with Gasteiger partial charge in [-0.3, -0.25) is 0 Å². The number of methoxy groups -OCH3 is 1. The molecule has 0 aromatic heterocycles. The van der Waals surface area contributed by atoms with Crippen molar-refractivity contribution in [1.29, 1.82) is 0 Å². The first-order chi connectivity index (χ1) is 17.1. The van der Waals surface area contributed by atoms with Crippen molar-refractivity contribution in [2.45, 2.75) is 52.5 Å². The minimum atomic E-state index is -0.171. The molecule has 0 fully saturated rings. The van der Waals surface area contributed by atoms with Gasteiger partial charge in [0, 0.05) is 31.3 Å². The maximum atomic E-state index is 13.2. The van der Waals surface area contributed by atoms with E-state index in [0.29, 0.717) is 55.1 Å². The van der Waals surface area contributed by atoms with Crippen molar-refractivity contribution in [3.05, 3.63) is 53.1 Å². The molecule has 0 bridgehead atoms. The van der Waals surface area contributed by atoms with Crippen LogP contribution in [0.25, 0.3) is 0 Å². The first-order valence-corrected chi connectivity index (χ1v) is 12.7. The van der Waals surface area contributed by atoms with E-state index in [9.17, 15) is 4.79 Å². The van der Waals surface area contributed by atoms with Crippen LogP contribution < -0.4 is 14.8 Å². The van der Waals surface area contributed by atoms with Crippen LogP contribution in [-0.4, -0.2) is 51.2 Å². The highest BCUT2D eigenvalue weighted by Gasteiger charge is 2.16. The number of carbonyl (C=O) groups is 1. The monoisotopic (exact) mass is 506 g/mol. The third kappa shape index (κ3) is 11.2. The second kappa shape index (κ2) is 17.0. The minimum Gasteiger partial charge on any atom is -0.492 e. The Labute approximate surface area is 214 Å². The zero-order valence-electron chi connectivity index (χ0n) is 21.2. The van der Waals surface area contributed by atoms with E-state index in [2.05, 4.69) is 12.2 Å². The van der Waals surface area contributed by atoms with Crippen molar-refractivity contribution >= 4 is 23.3 Å². The lowest BCUT2D eigenvalue weighted by molar-refractivity contribution is -0.00847. The van der Waals surface area contributed by atoms with Gasteiger partial charge in [-0.05, 0) is 43.2 Å². The molecule has 0 atom stereocenters. The molecule has 0 heterocycles. The van der Waals surface area contributed by atoms with Crippen LogP contribution in [0.15, 0.2) is 42.5 Å². The number of hydrogen-bond acceptors (Lipinski definition) is 5. The van der Waals surface area contributed by atoms with E-state index in [1.807, 2.05) is 36.1 Å². The first-order valence-electron chi connectivity index (χ1n) is 12.3. The molecule has 0 radical (unpaired) electrons. The van der Waals surface area contributed by atoms with Crippen LogP contribution in [0.4, 0.5) is 10.5 Å². The number of ether oxygens (including phenoxy) is 4. The molecule has 7 nitrogen and oxygen atoms in total. The van der Waals surface area contributed by atoms with E-state index < -0.39 is 0 Å². The second-order valence-electron chi connectivity index (χ2n) is 8.15. The van der Waals surface area contributed by atoms with Crippen molar-refractivity contribution < 1.29 is 23.7 Å². The Hall–Kier alpha value is -2.48. The normalized spacial score (nSPS) is 10.7. The number of anilines is 1. The van der Waals surface area contributed by atoms with Crippen molar-refractivity contribution in [3.8, 4) is 11.5 Å². The van der Waals surface area contributed by atoms with Crippen LogP contribution >= 0.6 is 11.6 Å². The number of urea groups is 1. The molecule has 0 saturated carbocycles. The van der Waals surface area contributed by atoms with Gasteiger partial charge < -0.3 is 29.2 Å². The number of hydrogen-bond donors (Lipinski definition) is 1. The lowest BCUT2D eigenvalue weighted by Gasteiger charge is -2.24. The molecule has 0 aliphatic carbocycles. The molecule has 2 aromatic carbocycles. The molecule has 35 heavy (non-hydrogen) atoms. The molecule has 1 N–H and O–H groups in total. The van der Waals surface area contributed by atoms with Crippen molar-refractivity contribution in [2.75, 3.05) is 45.6 Å². The van der Waals surface area contributed by atoms with E-state index in [4.69, 9.17) is 30.5 Å². The molecule has 0 spiro atoms. The van der Waals surface area contributed by atoms with E-state index in [1.165, 1.54) is 19.3 Å². The van der Waals surface area contributed by atoms with Crippen LogP contribution in [0, 0.1) is 0 Å². The number of carbonyl (C=O) groups excluding carboxylic acids is 1. The molecular weight excluding hydrogens is 468 g/mol. The number of nitrogens with one attached hydrogen (secondary N) is 1. The molecule has 0 unspecified atom stereocenters. The van der Waals surface area contributed by atoms with Gasteiger partial charge in [-0.2, -0.15) is 0 Å². The van der Waals surface area contributed by atoms with Crippen molar-refractivity contribution in [2.24, 2.45) is 0 Å². The highest BCUT2D eigenvalue weighted by molar-refractivity contribution is 6.30. The molecule has 194 valence electrons. The molecular formula is C27H39ClN2O5. The molecule has 0 aliphatic rings. The molecule has 0 aliphatic heterocycles. The van der Waals surface area contributed by atoms with Gasteiger partial charge in [0.2, 0.25) is 0 Å². The summed E-state index contributed by atoms with van der Waals surface area (Å²) in [5, 5.41) is 3.56. The van der Waals surface area contributed by atoms with Gasteiger partial charge in [-0.15, -0.1) is 0 Å². The first kappa shape index (κ1) is 28.8. The van der Waals surface area contributed by atoms with Crippen LogP contribution in [-0.2, 0) is 16.0 Å². The highest BCUT2D eigenvalue weighted by atomic mass is 35.5. The van der Waals surface area contributed by atoms with Crippen LogP contribution in [0.1, 0.15) is 51.5 Å². The molecule has 2 aromatic rings. The Morgan fingerprint density at radius 2 is 1.74 bits per heavy atom. The summed E-state index contributed by atoms with van der Waals surface area (Å²) in [6.45, 7) is 6.90. The maximum absolute atomic E-state index is 13.2. The summed E-state index contributed by atoms with van der Waals surface area (Å²) >= 11 is 6.11. The van der Waals surface area contributed by atoms with Crippen LogP contribution in [0.5, 0.6) is 11.5 Å². The Morgan fingerprint density at radius 1 is 0.971 bits per heavy atom. The predicted molar refractivity (Wildman–Crippen MR) is 141 cm³/mol. The fraction of sp³-hybridized carbons (Fsp3) is 0.519. The van der Waals surface area contributed by atoms with Gasteiger partial charge in [-0.25, -0.2) is 4.79 Å². The van der Waals surface area contributed by atoms with Gasteiger partial charge in [0.05, 0.1) is 25.5 Å². The van der Waals surface area contributed by atoms with E-state index in [1.54, 1.807) is 25.3 Å². The molecule has 2 amide bonds. The number of amides is 2. The van der Waals surface area contributed by atoms with Gasteiger partial charge in [0.25, 0.3) is 0 Å². The van der Waals surface area contributed by atoms with Crippen molar-refractivity contribution in [1.82, 2.24) is 4.90 Å². The Bertz CT molecular complexity index is 863. The van der Waals surface area contributed by atoms with Crippen molar-refractivity contribution in [3.63, 3.8) is 0 Å². The predicted octanol–water partition coefficient (Wildman–Crippen LogP) is 6.74. The summed E-state index contributed by atoms with van der Waals surface area (Å²) in [4.78, 5) is 15.1. The average Bonchev–Trinajstić information content (AvgIpc) is 2.85. The minimum absolute atomic E-state index is 0.165. The number of halogens is 1. The zero-order valence-corrected chi connectivity index (χ0v) is 21.9. The number of benzene rings is 2. The Kier molecular flexibility index (Phi) is 14.0. The van der Waals surface area contributed by atoms with Crippen LogP contribution in [0.2, 0.25) is 5.02 Å². The fourth-order valence-corrected chi connectivity index (χ4v) is 3.61. The summed E-state index contributed by atoms with van der Waals surface area (Å²) < 4.78 is 21.5. The van der Waals surface area contributed by atoms with Gasteiger partial charge in [0.1, 0.15) is 11.5 Å². The van der Waals surface area contributed by atoms with Gasteiger partial charge >= 0.3 is 6.03 Å². The Balaban J connectivity index is 2.02. The van der Waals surface area contributed by atoms with E-state index in [-0.39, 0.29) is 12.8 Å². The standard InChI is InChI=1S/C27H39ClN2O5/c1-4-6-7-8-9-16-30(27(31)29-25-15-12-23(28)19-26(25)34-5-2)20-22-10-13-24(14-11-22)35-21-33-18-17-32-3/h10-15,19H,4-9,16-18,20-21H2,1-3H3,(H,29,31). The lowest BCUT2D eigenvalue weighted by atomic mass is 10.1. The van der Waals surface area contributed by atoms with E-state index in [0.717, 1.165) is 18.4 Å². The number of unbranched alkanes of at least 4 members (excludes halogenated alkanes) is 4. The second-order valence-corrected chi connectivity index (χ2v) is 8.58. The Morgan fingerprint density at radius 3 is 2.46 bits per heavy atom. The van der Waals surface area contributed by atoms with Gasteiger partial charge in [0.15, 0.2) is 6.79 Å². The average molecular weight is 507 g/mol. The number of nitrogens with zero attached hydrogens (tertiary/aromatic N) is 1. The third-order valence-electron chi connectivity index (χ3n) is 5.34. The molecule has 0 saturated heterocycles. The van der Waals surface area contributed by atoms with Gasteiger partial charge in [-0.1, -0.05) is 56.3 Å². The zero-order chi connectivity index (χ0) is 25.3. The summed E-state index contributed by atoms with van der Waals surface area (Å²) in [7, 11) is 1.63. The lowest BCUT2D eigenvalue weighted by Crippen LogP contribution is -2.35. The fourth-order valence-electron chi connectivity index (χ4n) is 3.45. The summed E-state index contributed by atoms with van der Waals surface area (Å²) in [5.41, 5.74) is 1.62. The SMILES string of the molecule is CCCCCCCN(Cc1ccc(OCOCCOC)cc1)C(=O)Nc1ccc(Cl)cc1OCC. The molecule has 2 rings (SSSR count). The summed E-state index contributed by atoms with van der Waals surface area (Å²) in [5.74, 6) is 1.27. The van der Waals surface area contributed by atoms with E-state index >= 15 is 0 Å². The quantitative estimate of drug-likeness (QED) is 0.190. The smallest absolute Gasteiger partial charge is 0.322 e. The highest BCUT2D eigenvalue weighted by Crippen LogP contribution is 2.28. The summed E-state index contributed by atoms with van der Waals surface area (Å²) in [6, 6.07) is 12.8. The largest absolute Gasteiger partial charge is 0.492 e. The third-order valence-corrected chi connectivity index (χ3v) is 5.58. The number of rotatable bonds is 17. The topological polar surface area (TPSA) is 69.3 Å². The van der Waals surface area contributed by atoms with Crippen LogP contribution in [0.3, 0.4) is 0 Å². The summed E-state index contributed by atoms with van der Waals surface area (Å²) in [6.07, 6.45) is 5.62.